The number of carbonyl (C=O) groups is 2. The number of nitrogens with one attached hydrogen (secondary N) is 2. The van der Waals surface area contributed by atoms with Gasteiger partial charge in [0.1, 0.15) is 5.76 Å². The molecule has 8 heteroatoms. The van der Waals surface area contributed by atoms with Crippen LogP contribution in [-0.4, -0.2) is 18.0 Å². The van der Waals surface area contributed by atoms with E-state index < -0.39 is 0 Å². The highest BCUT2D eigenvalue weighted by Crippen LogP contribution is 2.14. The Labute approximate surface area is 168 Å². The zero-order valence-electron chi connectivity index (χ0n) is 13.8. The van der Waals surface area contributed by atoms with Crippen molar-refractivity contribution in [1.29, 1.82) is 0 Å². The number of hydrazone groups is 1. The molecule has 0 atom stereocenters. The fraction of sp³-hybridized carbons (Fsp3) is 0. The van der Waals surface area contributed by atoms with E-state index in [-0.39, 0.29) is 11.8 Å². The Kier molecular flexibility index (Phi) is 6.05. The maximum atomic E-state index is 12.2. The zero-order chi connectivity index (χ0) is 19.2. The number of hydrogen-bond donors (Lipinski definition) is 2. The van der Waals surface area contributed by atoms with Crippen LogP contribution >= 0.6 is 27.5 Å². The third kappa shape index (κ3) is 5.29. The molecule has 0 aliphatic rings. The number of hydrogen-bond acceptors (Lipinski definition) is 4. The average molecular weight is 447 g/mol. The summed E-state index contributed by atoms with van der Waals surface area (Å²) in [5, 5.41) is 7.14. The molecular formula is C19H13BrClN3O3. The molecule has 136 valence electrons. The van der Waals surface area contributed by atoms with E-state index in [0.717, 1.165) is 0 Å². The Balaban J connectivity index is 1.57. The summed E-state index contributed by atoms with van der Waals surface area (Å²) < 4.78 is 5.81. The Bertz CT molecular complexity index is 982. The molecule has 1 heterocycles. The van der Waals surface area contributed by atoms with Crippen LogP contribution in [0.4, 0.5) is 5.69 Å². The fourth-order valence-corrected chi connectivity index (χ4v) is 2.57. The molecule has 0 bridgehead atoms. The second-order valence-corrected chi connectivity index (χ2v) is 6.60. The largest absolute Gasteiger partial charge is 0.448 e. The number of carbonyl (C=O) groups excluding carboxylic acids is 2. The predicted octanol–water partition coefficient (Wildman–Crippen LogP) is 4.71. The van der Waals surface area contributed by atoms with Crippen LogP contribution in [0.15, 0.2) is 74.9 Å². The van der Waals surface area contributed by atoms with Gasteiger partial charge >= 0.3 is 0 Å². The molecule has 1 aromatic heterocycles. The Morgan fingerprint density at radius 3 is 2.19 bits per heavy atom. The minimum absolute atomic E-state index is 0.266. The van der Waals surface area contributed by atoms with Crippen LogP contribution in [-0.2, 0) is 0 Å². The lowest BCUT2D eigenvalue weighted by atomic mass is 10.1. The molecule has 0 unspecified atom stereocenters. The van der Waals surface area contributed by atoms with Crippen molar-refractivity contribution in [2.45, 2.75) is 0 Å². The third-order valence-electron chi connectivity index (χ3n) is 3.46. The van der Waals surface area contributed by atoms with Crippen molar-refractivity contribution in [2.24, 2.45) is 5.10 Å². The Morgan fingerprint density at radius 2 is 1.56 bits per heavy atom. The van der Waals surface area contributed by atoms with Gasteiger partial charge in [-0.25, -0.2) is 5.43 Å². The molecule has 0 saturated carbocycles. The molecule has 2 N–H and O–H groups in total. The monoisotopic (exact) mass is 445 g/mol. The summed E-state index contributed by atoms with van der Waals surface area (Å²) in [6.07, 6.45) is 1.39. The molecule has 3 aromatic rings. The predicted molar refractivity (Wildman–Crippen MR) is 107 cm³/mol. The number of nitrogens with zero attached hydrogens (tertiary/aromatic N) is 1. The van der Waals surface area contributed by atoms with Gasteiger partial charge in [-0.2, -0.15) is 5.10 Å². The number of furan rings is 1. The lowest BCUT2D eigenvalue weighted by Crippen LogP contribution is -2.17. The van der Waals surface area contributed by atoms with Crippen molar-refractivity contribution in [3.05, 3.63) is 87.2 Å². The summed E-state index contributed by atoms with van der Waals surface area (Å²) in [5.74, 6) is -0.145. The SMILES string of the molecule is O=C(N/N=C\c1ccc(Br)o1)c1ccc(NC(=O)c2ccc(Cl)cc2)cc1. The summed E-state index contributed by atoms with van der Waals surface area (Å²) in [5.41, 5.74) is 3.86. The molecule has 2 aromatic carbocycles. The molecule has 3 rings (SSSR count). The first-order valence-electron chi connectivity index (χ1n) is 7.77. The number of anilines is 1. The van der Waals surface area contributed by atoms with Gasteiger partial charge in [0.2, 0.25) is 0 Å². The van der Waals surface area contributed by atoms with Gasteiger partial charge in [-0.3, -0.25) is 9.59 Å². The van der Waals surface area contributed by atoms with Crippen LogP contribution in [0.25, 0.3) is 0 Å². The number of benzene rings is 2. The van der Waals surface area contributed by atoms with E-state index in [2.05, 4.69) is 31.8 Å². The molecule has 0 spiro atoms. The second-order valence-electron chi connectivity index (χ2n) is 5.38. The van der Waals surface area contributed by atoms with Crippen molar-refractivity contribution in [3.8, 4) is 0 Å². The number of amides is 2. The van der Waals surface area contributed by atoms with Gasteiger partial charge in [0.05, 0.1) is 6.21 Å². The zero-order valence-corrected chi connectivity index (χ0v) is 16.1. The van der Waals surface area contributed by atoms with E-state index in [0.29, 0.717) is 32.3 Å². The van der Waals surface area contributed by atoms with E-state index in [1.54, 1.807) is 60.7 Å². The minimum atomic E-state index is -0.382. The molecule has 2 amide bonds. The molecule has 0 aliphatic heterocycles. The highest BCUT2D eigenvalue weighted by atomic mass is 79.9. The van der Waals surface area contributed by atoms with Gasteiger partial charge in [-0.1, -0.05) is 11.6 Å². The van der Waals surface area contributed by atoms with Gasteiger partial charge in [0.25, 0.3) is 11.8 Å². The van der Waals surface area contributed by atoms with Crippen LogP contribution in [0.2, 0.25) is 5.02 Å². The molecule has 6 nitrogen and oxygen atoms in total. The second kappa shape index (κ2) is 8.66. The Morgan fingerprint density at radius 1 is 0.926 bits per heavy atom. The van der Waals surface area contributed by atoms with E-state index in [4.69, 9.17) is 16.0 Å². The first-order chi connectivity index (χ1) is 13.0. The fourth-order valence-electron chi connectivity index (χ4n) is 2.13. The highest BCUT2D eigenvalue weighted by molar-refractivity contribution is 9.10. The van der Waals surface area contributed by atoms with Gasteiger partial charge in [-0.05, 0) is 76.6 Å². The summed E-state index contributed by atoms with van der Waals surface area (Å²) in [4.78, 5) is 24.2. The van der Waals surface area contributed by atoms with Gasteiger partial charge in [0, 0.05) is 21.8 Å². The van der Waals surface area contributed by atoms with Gasteiger partial charge in [0.15, 0.2) is 4.67 Å². The first kappa shape index (κ1) is 18.9. The molecular weight excluding hydrogens is 434 g/mol. The van der Waals surface area contributed by atoms with Crippen LogP contribution < -0.4 is 10.7 Å². The number of halogens is 2. The van der Waals surface area contributed by atoms with Crippen molar-refractivity contribution < 1.29 is 14.0 Å². The summed E-state index contributed by atoms with van der Waals surface area (Å²) in [6.45, 7) is 0. The van der Waals surface area contributed by atoms with Gasteiger partial charge < -0.3 is 9.73 Å². The summed E-state index contributed by atoms with van der Waals surface area (Å²) in [6, 6.07) is 16.4. The molecule has 0 aliphatic carbocycles. The van der Waals surface area contributed by atoms with E-state index in [1.807, 2.05) is 0 Å². The molecule has 27 heavy (non-hydrogen) atoms. The maximum Gasteiger partial charge on any atom is 0.271 e. The van der Waals surface area contributed by atoms with Gasteiger partial charge in [-0.15, -0.1) is 0 Å². The number of rotatable bonds is 5. The van der Waals surface area contributed by atoms with Crippen LogP contribution in [0.5, 0.6) is 0 Å². The quantitative estimate of drug-likeness (QED) is 0.440. The standard InChI is InChI=1S/C19H13BrClN3O3/c20-17-10-9-16(27-17)11-22-24-19(26)13-3-7-15(8-4-13)23-18(25)12-1-5-14(21)6-2-12/h1-11H,(H,23,25)(H,24,26)/b22-11-. The van der Waals surface area contributed by atoms with E-state index >= 15 is 0 Å². The molecule has 0 radical (unpaired) electrons. The lowest BCUT2D eigenvalue weighted by Gasteiger charge is -2.06. The Hall–Kier alpha value is -2.90. The third-order valence-corrected chi connectivity index (χ3v) is 4.14. The van der Waals surface area contributed by atoms with Crippen molar-refractivity contribution in [1.82, 2.24) is 5.43 Å². The van der Waals surface area contributed by atoms with E-state index in [9.17, 15) is 9.59 Å². The van der Waals surface area contributed by atoms with Crippen LogP contribution in [0, 0.1) is 0 Å². The maximum absolute atomic E-state index is 12.2. The summed E-state index contributed by atoms with van der Waals surface area (Å²) >= 11 is 8.99. The summed E-state index contributed by atoms with van der Waals surface area (Å²) in [7, 11) is 0. The average Bonchev–Trinajstić information content (AvgIpc) is 3.08. The smallest absolute Gasteiger partial charge is 0.271 e. The van der Waals surface area contributed by atoms with Crippen LogP contribution in [0.1, 0.15) is 26.5 Å². The normalized spacial score (nSPS) is 10.7. The first-order valence-corrected chi connectivity index (χ1v) is 8.94. The van der Waals surface area contributed by atoms with Crippen molar-refractivity contribution in [2.75, 3.05) is 5.32 Å². The van der Waals surface area contributed by atoms with Crippen molar-refractivity contribution in [3.63, 3.8) is 0 Å². The molecule has 0 fully saturated rings. The highest BCUT2D eigenvalue weighted by Gasteiger charge is 2.08. The van der Waals surface area contributed by atoms with Crippen LogP contribution in [0.3, 0.4) is 0 Å². The minimum Gasteiger partial charge on any atom is -0.448 e. The van der Waals surface area contributed by atoms with E-state index in [1.165, 1.54) is 6.21 Å². The molecule has 0 saturated heterocycles. The van der Waals surface area contributed by atoms with Crippen molar-refractivity contribution >= 4 is 51.2 Å². The lowest BCUT2D eigenvalue weighted by molar-refractivity contribution is 0.0954. The topological polar surface area (TPSA) is 83.7 Å².